The van der Waals surface area contributed by atoms with E-state index in [1.54, 1.807) is 11.1 Å². The minimum Gasteiger partial charge on any atom is -0.337 e. The van der Waals surface area contributed by atoms with Crippen LogP contribution in [0.5, 0.6) is 0 Å². The first-order valence-corrected chi connectivity index (χ1v) is 6.17. The highest BCUT2D eigenvalue weighted by molar-refractivity contribution is 5.97. The molecule has 2 aromatic rings. The fourth-order valence-corrected chi connectivity index (χ4v) is 1.78. The highest BCUT2D eigenvalue weighted by atomic mass is 16.2. The number of carbonyl (C=O) groups excluding carboxylic acids is 1. The number of amides is 1. The average Bonchev–Trinajstić information content (AvgIpc) is 2.84. The third kappa shape index (κ3) is 2.10. The Morgan fingerprint density at radius 3 is 2.83 bits per heavy atom. The van der Waals surface area contributed by atoms with E-state index in [-0.39, 0.29) is 11.4 Å². The first-order chi connectivity index (χ1) is 8.45. The molecule has 1 aromatic carbocycles. The fourth-order valence-electron chi connectivity index (χ4n) is 1.78. The summed E-state index contributed by atoms with van der Waals surface area (Å²) in [6.07, 6.45) is 2.67. The van der Waals surface area contributed by atoms with Gasteiger partial charge in [-0.15, -0.1) is 0 Å². The first kappa shape index (κ1) is 12.6. The van der Waals surface area contributed by atoms with Gasteiger partial charge in [-0.2, -0.15) is 5.10 Å². The van der Waals surface area contributed by atoms with Crippen LogP contribution in [-0.2, 0) is 0 Å². The van der Waals surface area contributed by atoms with Crippen molar-refractivity contribution in [2.45, 2.75) is 32.7 Å². The summed E-state index contributed by atoms with van der Waals surface area (Å²) >= 11 is 0. The molecule has 1 heterocycles. The van der Waals surface area contributed by atoms with Crippen molar-refractivity contribution in [1.82, 2.24) is 15.1 Å². The number of aromatic amines is 1. The average molecular weight is 245 g/mol. The van der Waals surface area contributed by atoms with Gasteiger partial charge in [-0.1, -0.05) is 13.0 Å². The van der Waals surface area contributed by atoms with Gasteiger partial charge in [0, 0.05) is 23.5 Å². The van der Waals surface area contributed by atoms with E-state index in [1.165, 1.54) is 0 Å². The first-order valence-electron chi connectivity index (χ1n) is 6.17. The van der Waals surface area contributed by atoms with Crippen molar-refractivity contribution >= 4 is 16.8 Å². The Balaban J connectivity index is 2.33. The molecule has 0 unspecified atom stereocenters. The quantitative estimate of drug-likeness (QED) is 0.904. The van der Waals surface area contributed by atoms with Crippen LogP contribution in [0.4, 0.5) is 0 Å². The lowest BCUT2D eigenvalue weighted by molar-refractivity contribution is 0.0620. The van der Waals surface area contributed by atoms with Crippen molar-refractivity contribution in [3.63, 3.8) is 0 Å². The summed E-state index contributed by atoms with van der Waals surface area (Å²) in [7, 11) is 1.85. The summed E-state index contributed by atoms with van der Waals surface area (Å²) in [5, 5.41) is 7.86. The lowest BCUT2D eigenvalue weighted by atomic mass is 9.98. The monoisotopic (exact) mass is 245 g/mol. The van der Waals surface area contributed by atoms with Gasteiger partial charge in [0.25, 0.3) is 5.91 Å². The predicted octanol–water partition coefficient (Wildman–Crippen LogP) is 2.82. The van der Waals surface area contributed by atoms with E-state index in [2.05, 4.69) is 31.0 Å². The molecule has 0 bridgehead atoms. The molecule has 0 aliphatic rings. The highest BCUT2D eigenvalue weighted by Crippen LogP contribution is 2.21. The molecule has 1 aromatic heterocycles. The maximum absolute atomic E-state index is 12.4. The van der Waals surface area contributed by atoms with Crippen LogP contribution in [0.2, 0.25) is 0 Å². The molecule has 1 amide bonds. The minimum atomic E-state index is -0.139. The highest BCUT2D eigenvalue weighted by Gasteiger charge is 2.26. The molecule has 0 radical (unpaired) electrons. The van der Waals surface area contributed by atoms with E-state index >= 15 is 0 Å². The van der Waals surface area contributed by atoms with E-state index in [9.17, 15) is 4.79 Å². The zero-order chi connectivity index (χ0) is 13.3. The number of aromatic nitrogens is 2. The maximum Gasteiger partial charge on any atom is 0.254 e. The molecule has 2 rings (SSSR count). The predicted molar refractivity (Wildman–Crippen MR) is 72.6 cm³/mol. The van der Waals surface area contributed by atoms with Gasteiger partial charge in [0.1, 0.15) is 0 Å². The standard InChI is InChI=1S/C14H19N3O/c1-5-14(2,3)17(4)13(18)10-6-7-11-9-15-16-12(11)8-10/h6-9H,5H2,1-4H3,(H,15,16). The molecule has 18 heavy (non-hydrogen) atoms. The Bertz CT molecular complexity index is 571. The molecular weight excluding hydrogens is 226 g/mol. The summed E-state index contributed by atoms with van der Waals surface area (Å²) in [5.74, 6) is 0.0401. The Kier molecular flexibility index (Phi) is 3.11. The number of hydrogen-bond donors (Lipinski definition) is 1. The number of carbonyl (C=O) groups is 1. The summed E-state index contributed by atoms with van der Waals surface area (Å²) in [5.41, 5.74) is 1.44. The minimum absolute atomic E-state index is 0.0401. The van der Waals surface area contributed by atoms with Gasteiger partial charge in [-0.05, 0) is 32.4 Å². The number of H-pyrrole nitrogens is 1. The SMILES string of the molecule is CCC(C)(C)N(C)C(=O)c1ccc2cn[nH]c2c1. The van der Waals surface area contributed by atoms with E-state index in [1.807, 2.05) is 25.2 Å². The maximum atomic E-state index is 12.4. The Labute approximate surface area is 107 Å². The van der Waals surface area contributed by atoms with Crippen LogP contribution < -0.4 is 0 Å². The molecule has 0 saturated carbocycles. The molecule has 0 atom stereocenters. The Hall–Kier alpha value is -1.84. The number of benzene rings is 1. The normalized spacial score (nSPS) is 11.8. The number of fused-ring (bicyclic) bond motifs is 1. The second-order valence-corrected chi connectivity index (χ2v) is 5.20. The topological polar surface area (TPSA) is 49.0 Å². The van der Waals surface area contributed by atoms with Gasteiger partial charge < -0.3 is 4.90 Å². The molecule has 0 spiro atoms. The van der Waals surface area contributed by atoms with Gasteiger partial charge in [0.2, 0.25) is 0 Å². The summed E-state index contributed by atoms with van der Waals surface area (Å²) in [6, 6.07) is 5.62. The van der Waals surface area contributed by atoms with Gasteiger partial charge in [-0.25, -0.2) is 0 Å². The third-order valence-electron chi connectivity index (χ3n) is 3.77. The molecule has 0 saturated heterocycles. The molecule has 0 aliphatic heterocycles. The lowest BCUT2D eigenvalue weighted by Gasteiger charge is -2.34. The van der Waals surface area contributed by atoms with Crippen LogP contribution in [0.25, 0.3) is 10.9 Å². The summed E-state index contributed by atoms with van der Waals surface area (Å²) in [6.45, 7) is 6.22. The fraction of sp³-hybridized carbons (Fsp3) is 0.429. The van der Waals surface area contributed by atoms with Gasteiger partial charge in [0.05, 0.1) is 11.7 Å². The van der Waals surface area contributed by atoms with E-state index in [4.69, 9.17) is 0 Å². The molecule has 96 valence electrons. The molecular formula is C14H19N3O. The van der Waals surface area contributed by atoms with Gasteiger partial charge in [-0.3, -0.25) is 9.89 Å². The van der Waals surface area contributed by atoms with Crippen LogP contribution >= 0.6 is 0 Å². The zero-order valence-electron chi connectivity index (χ0n) is 11.3. The molecule has 0 aliphatic carbocycles. The second-order valence-electron chi connectivity index (χ2n) is 5.20. The number of rotatable bonds is 3. The number of nitrogens with zero attached hydrogens (tertiary/aromatic N) is 2. The molecule has 4 nitrogen and oxygen atoms in total. The third-order valence-corrected chi connectivity index (χ3v) is 3.77. The van der Waals surface area contributed by atoms with Crippen LogP contribution in [0.3, 0.4) is 0 Å². The van der Waals surface area contributed by atoms with Gasteiger partial charge in [0.15, 0.2) is 0 Å². The second kappa shape index (κ2) is 4.44. The van der Waals surface area contributed by atoms with E-state index in [0.717, 1.165) is 17.3 Å². The Morgan fingerprint density at radius 2 is 2.17 bits per heavy atom. The smallest absolute Gasteiger partial charge is 0.254 e. The zero-order valence-corrected chi connectivity index (χ0v) is 11.3. The van der Waals surface area contributed by atoms with Crippen molar-refractivity contribution in [1.29, 1.82) is 0 Å². The Morgan fingerprint density at radius 1 is 1.44 bits per heavy atom. The van der Waals surface area contributed by atoms with Gasteiger partial charge >= 0.3 is 0 Å². The van der Waals surface area contributed by atoms with Crippen molar-refractivity contribution in [3.05, 3.63) is 30.0 Å². The molecule has 4 heteroatoms. The summed E-state index contributed by atoms with van der Waals surface area (Å²) < 4.78 is 0. The van der Waals surface area contributed by atoms with Crippen LogP contribution in [0, 0.1) is 0 Å². The van der Waals surface area contributed by atoms with Crippen molar-refractivity contribution in [2.24, 2.45) is 0 Å². The van der Waals surface area contributed by atoms with Crippen molar-refractivity contribution in [3.8, 4) is 0 Å². The van der Waals surface area contributed by atoms with E-state index in [0.29, 0.717) is 5.56 Å². The number of nitrogens with one attached hydrogen (secondary N) is 1. The lowest BCUT2D eigenvalue weighted by Crippen LogP contribution is -2.44. The molecule has 1 N–H and O–H groups in total. The molecule has 0 fully saturated rings. The largest absolute Gasteiger partial charge is 0.337 e. The summed E-state index contributed by atoms with van der Waals surface area (Å²) in [4.78, 5) is 14.2. The van der Waals surface area contributed by atoms with Crippen LogP contribution in [-0.4, -0.2) is 33.6 Å². The van der Waals surface area contributed by atoms with Crippen LogP contribution in [0.15, 0.2) is 24.4 Å². The van der Waals surface area contributed by atoms with E-state index < -0.39 is 0 Å². The number of hydrogen-bond acceptors (Lipinski definition) is 2. The van der Waals surface area contributed by atoms with Crippen molar-refractivity contribution < 1.29 is 4.79 Å². The van der Waals surface area contributed by atoms with Crippen LogP contribution in [0.1, 0.15) is 37.6 Å². The van der Waals surface area contributed by atoms with Crippen molar-refractivity contribution in [2.75, 3.05) is 7.05 Å².